The average Bonchev–Trinajstić information content (AvgIpc) is 2.70. The van der Waals surface area contributed by atoms with Crippen molar-refractivity contribution in [1.82, 2.24) is 0 Å². The van der Waals surface area contributed by atoms with Crippen LogP contribution in [0, 0.1) is 0 Å². The second-order valence-electron chi connectivity index (χ2n) is 6.31. The zero-order valence-electron chi connectivity index (χ0n) is 16.0. The summed E-state index contributed by atoms with van der Waals surface area (Å²) in [5.74, 6) is -0.149. The maximum atomic E-state index is 13.3. The van der Waals surface area contributed by atoms with Gasteiger partial charge in [0.05, 0.1) is 15.1 Å². The fourth-order valence-corrected chi connectivity index (χ4v) is 3.88. The van der Waals surface area contributed by atoms with E-state index in [-0.39, 0.29) is 35.2 Å². The van der Waals surface area contributed by atoms with Crippen LogP contribution in [0.3, 0.4) is 0 Å². The van der Waals surface area contributed by atoms with Crippen molar-refractivity contribution in [3.05, 3.63) is 81.6 Å². The molecule has 3 aromatic rings. The van der Waals surface area contributed by atoms with Crippen molar-refractivity contribution in [3.8, 4) is 5.75 Å². The summed E-state index contributed by atoms with van der Waals surface area (Å²) in [6.07, 6.45) is 3.27. The highest BCUT2D eigenvalue weighted by atomic mass is 79.9. The topological polar surface area (TPSA) is 82.7 Å². The molecule has 0 bridgehead atoms. The van der Waals surface area contributed by atoms with Gasteiger partial charge in [0.25, 0.3) is 0 Å². The van der Waals surface area contributed by atoms with Crippen LogP contribution >= 0.6 is 51.8 Å². The van der Waals surface area contributed by atoms with Gasteiger partial charge in [-0.25, -0.2) is 0 Å². The third-order valence-corrected chi connectivity index (χ3v) is 6.02. The number of hydrogen-bond donors (Lipinski definition) is 0. The fourth-order valence-electron chi connectivity index (χ4n) is 2.60. The van der Waals surface area contributed by atoms with Gasteiger partial charge in [-0.3, -0.25) is 4.99 Å². The van der Waals surface area contributed by atoms with Crippen molar-refractivity contribution >= 4 is 73.6 Å². The SMILES string of the molecule is Br.O=S(=O)(F)c1cc(C[n+]2cccc(N=C([O-])COc3ccc(Cl)c(Cl)c3)c2)ccc1Cl. The van der Waals surface area contributed by atoms with E-state index >= 15 is 0 Å². The second kappa shape index (κ2) is 11.3. The summed E-state index contributed by atoms with van der Waals surface area (Å²) in [5, 5.41) is 12.6. The van der Waals surface area contributed by atoms with Gasteiger partial charge in [-0.2, -0.15) is 13.0 Å². The first kappa shape index (κ1) is 26.3. The highest BCUT2D eigenvalue weighted by Crippen LogP contribution is 2.26. The molecule has 0 radical (unpaired) electrons. The van der Waals surface area contributed by atoms with E-state index in [9.17, 15) is 17.4 Å². The molecule has 0 amide bonds. The Kier molecular flexibility index (Phi) is 9.29. The van der Waals surface area contributed by atoms with Crippen molar-refractivity contribution < 1.29 is 26.7 Å². The van der Waals surface area contributed by atoms with E-state index in [0.29, 0.717) is 27.0 Å². The summed E-state index contributed by atoms with van der Waals surface area (Å²) in [6.45, 7) is -0.0984. The molecule has 0 N–H and O–H groups in total. The van der Waals surface area contributed by atoms with E-state index in [0.717, 1.165) is 6.07 Å². The van der Waals surface area contributed by atoms with Gasteiger partial charge < -0.3 is 9.84 Å². The molecule has 2 aromatic carbocycles. The molecule has 0 unspecified atom stereocenters. The van der Waals surface area contributed by atoms with Gasteiger partial charge in [-0.15, -0.1) is 20.9 Å². The maximum absolute atomic E-state index is 13.3. The van der Waals surface area contributed by atoms with Crippen LogP contribution in [0.1, 0.15) is 5.56 Å². The number of rotatable bonds is 7. The summed E-state index contributed by atoms with van der Waals surface area (Å²) in [7, 11) is -4.94. The Morgan fingerprint density at radius 2 is 1.78 bits per heavy atom. The second-order valence-corrected chi connectivity index (χ2v) is 8.84. The molecule has 0 atom stereocenters. The Morgan fingerprint density at radius 1 is 1.06 bits per heavy atom. The first-order valence-corrected chi connectivity index (χ1v) is 11.2. The molecule has 3 rings (SSSR count). The lowest BCUT2D eigenvalue weighted by molar-refractivity contribution is -0.687. The zero-order valence-corrected chi connectivity index (χ0v) is 20.8. The van der Waals surface area contributed by atoms with E-state index in [1.807, 2.05) is 0 Å². The number of ether oxygens (including phenoxy) is 1. The van der Waals surface area contributed by atoms with E-state index in [2.05, 4.69) is 4.99 Å². The van der Waals surface area contributed by atoms with Crippen LogP contribution < -0.4 is 14.4 Å². The summed E-state index contributed by atoms with van der Waals surface area (Å²) < 4.78 is 42.8. The molecule has 12 heteroatoms. The number of aromatic nitrogens is 1. The lowest BCUT2D eigenvalue weighted by Crippen LogP contribution is -2.33. The Labute approximate surface area is 209 Å². The van der Waals surface area contributed by atoms with Gasteiger partial charge >= 0.3 is 10.2 Å². The molecule has 0 aliphatic rings. The quantitative estimate of drug-likeness (QED) is 0.175. The third-order valence-electron chi connectivity index (χ3n) is 3.97. The van der Waals surface area contributed by atoms with Crippen LogP contribution in [0.4, 0.5) is 9.57 Å². The first-order valence-electron chi connectivity index (χ1n) is 8.66. The number of nitrogens with zero attached hydrogens (tertiary/aromatic N) is 2. The maximum Gasteiger partial charge on any atom is 0.333 e. The number of aliphatic imine (C=N–C) groups is 1. The smallest absolute Gasteiger partial charge is 0.333 e. The monoisotopic (exact) mass is 582 g/mol. The van der Waals surface area contributed by atoms with Crippen molar-refractivity contribution in [3.63, 3.8) is 0 Å². The van der Waals surface area contributed by atoms with Crippen LogP contribution in [0.15, 0.2) is 70.8 Å². The highest BCUT2D eigenvalue weighted by Gasteiger charge is 2.18. The van der Waals surface area contributed by atoms with E-state index in [1.165, 1.54) is 12.1 Å². The van der Waals surface area contributed by atoms with E-state index in [1.54, 1.807) is 47.3 Å². The summed E-state index contributed by atoms with van der Waals surface area (Å²) in [4.78, 5) is 3.37. The Bertz CT molecular complexity index is 1260. The predicted molar refractivity (Wildman–Crippen MR) is 125 cm³/mol. The van der Waals surface area contributed by atoms with Gasteiger partial charge in [0.2, 0.25) is 0 Å². The minimum atomic E-state index is -4.94. The van der Waals surface area contributed by atoms with Crippen LogP contribution in [0.25, 0.3) is 0 Å². The molecule has 6 nitrogen and oxygen atoms in total. The standard InChI is InChI=1S/C20H14Cl3FN2O4S.BrH/c21-16-6-4-15(9-18(16)23)30-12-20(27)25-14-2-1-7-26(11-14)10-13-3-5-17(22)19(8-13)31(24,28)29;/h1-9,11H,10,12H2;1H. The van der Waals surface area contributed by atoms with Crippen LogP contribution in [0.5, 0.6) is 5.75 Å². The number of pyridine rings is 1. The lowest BCUT2D eigenvalue weighted by atomic mass is 10.2. The predicted octanol–water partition coefficient (Wildman–Crippen LogP) is 4.69. The van der Waals surface area contributed by atoms with Crippen LogP contribution in [-0.4, -0.2) is 20.9 Å². The number of hydrogen-bond acceptors (Lipinski definition) is 5. The molecule has 1 heterocycles. The van der Waals surface area contributed by atoms with Gasteiger partial charge in [0.15, 0.2) is 18.9 Å². The van der Waals surface area contributed by atoms with Crippen LogP contribution in [0.2, 0.25) is 15.1 Å². The number of benzene rings is 2. The van der Waals surface area contributed by atoms with E-state index < -0.39 is 21.0 Å². The molecular formula is C20H15BrCl3FN2O4S. The Morgan fingerprint density at radius 3 is 2.47 bits per heavy atom. The molecule has 0 fully saturated rings. The summed E-state index contributed by atoms with van der Waals surface area (Å²) in [5.41, 5.74) is 0.856. The molecule has 0 saturated carbocycles. The molecular weight excluding hydrogens is 570 g/mol. The summed E-state index contributed by atoms with van der Waals surface area (Å²) >= 11 is 17.5. The van der Waals surface area contributed by atoms with E-state index in [4.69, 9.17) is 39.5 Å². The molecule has 0 aliphatic carbocycles. The molecule has 0 saturated heterocycles. The van der Waals surface area contributed by atoms with Gasteiger partial charge in [-0.1, -0.05) is 40.9 Å². The molecule has 170 valence electrons. The average molecular weight is 585 g/mol. The Balaban J connectivity index is 0.00000363. The molecule has 1 aromatic heterocycles. The zero-order chi connectivity index (χ0) is 22.6. The Hall–Kier alpha value is -1.91. The number of halogens is 5. The normalized spacial score (nSPS) is 11.7. The highest BCUT2D eigenvalue weighted by molar-refractivity contribution is 8.93. The third kappa shape index (κ3) is 7.31. The molecule has 0 aliphatic heterocycles. The molecule has 0 spiro atoms. The minimum Gasteiger partial charge on any atom is -0.859 e. The fraction of sp³-hybridized carbons (Fsp3) is 0.100. The largest absolute Gasteiger partial charge is 0.859 e. The summed E-state index contributed by atoms with van der Waals surface area (Å²) in [6, 6.07) is 11.9. The van der Waals surface area contributed by atoms with Crippen molar-refractivity contribution in [2.24, 2.45) is 4.99 Å². The van der Waals surface area contributed by atoms with Crippen molar-refractivity contribution in [1.29, 1.82) is 0 Å². The minimum absolute atomic E-state index is 0. The first-order chi connectivity index (χ1) is 14.6. The van der Waals surface area contributed by atoms with Crippen molar-refractivity contribution in [2.45, 2.75) is 11.4 Å². The van der Waals surface area contributed by atoms with Crippen LogP contribution in [-0.2, 0) is 16.8 Å². The molecule has 32 heavy (non-hydrogen) atoms. The van der Waals surface area contributed by atoms with Gasteiger partial charge in [0, 0.05) is 23.6 Å². The van der Waals surface area contributed by atoms with Crippen molar-refractivity contribution in [2.75, 3.05) is 6.61 Å². The van der Waals surface area contributed by atoms with Gasteiger partial charge in [-0.05, 0) is 30.3 Å². The van der Waals surface area contributed by atoms with Gasteiger partial charge in [0.1, 0.15) is 22.9 Å². The lowest BCUT2D eigenvalue weighted by Gasteiger charge is -2.12.